The molecule has 1 aliphatic heterocycles. The summed E-state index contributed by atoms with van der Waals surface area (Å²) in [6.45, 7) is 2.92. The van der Waals surface area contributed by atoms with Gasteiger partial charge in [-0.1, -0.05) is 42.5 Å². The van der Waals surface area contributed by atoms with Gasteiger partial charge in [-0.3, -0.25) is 5.43 Å². The van der Waals surface area contributed by atoms with Crippen molar-refractivity contribution in [1.82, 2.24) is 14.6 Å². The smallest absolute Gasteiger partial charge is 0.160 e. The summed E-state index contributed by atoms with van der Waals surface area (Å²) in [5, 5.41) is 18.1. The molecule has 2 aromatic carbocycles. The Balaban J connectivity index is 1.48. The molecule has 1 fully saturated rings. The van der Waals surface area contributed by atoms with Crippen LogP contribution in [0.25, 0.3) is 16.9 Å². The lowest BCUT2D eigenvalue weighted by Crippen LogP contribution is -2.37. The van der Waals surface area contributed by atoms with Crippen LogP contribution in [0.15, 0.2) is 71.8 Å². The molecule has 0 amide bonds. The van der Waals surface area contributed by atoms with Gasteiger partial charge in [-0.25, -0.2) is 4.98 Å². The van der Waals surface area contributed by atoms with Crippen molar-refractivity contribution in [2.45, 2.75) is 0 Å². The molecule has 2 aromatic heterocycles. The van der Waals surface area contributed by atoms with Crippen molar-refractivity contribution >= 4 is 23.5 Å². The SMILES string of the molecule is N#Cc1ccc(C=NNc2cc(N3CCOCC3)n3nc(-c4ccccc4)cc3n2)cc1. The van der Waals surface area contributed by atoms with Crippen molar-refractivity contribution in [3.8, 4) is 17.3 Å². The summed E-state index contributed by atoms with van der Waals surface area (Å²) in [6, 6.07) is 23.3. The number of fused-ring (bicyclic) bond motifs is 1. The van der Waals surface area contributed by atoms with Crippen LogP contribution in [0.1, 0.15) is 11.1 Å². The van der Waals surface area contributed by atoms with Crippen LogP contribution in [0.4, 0.5) is 11.6 Å². The lowest BCUT2D eigenvalue weighted by molar-refractivity contribution is 0.122. The third kappa shape index (κ3) is 4.15. The van der Waals surface area contributed by atoms with Crippen LogP contribution in [0.5, 0.6) is 0 Å². The van der Waals surface area contributed by atoms with Crippen LogP contribution in [-0.2, 0) is 4.74 Å². The predicted octanol–water partition coefficient (Wildman–Crippen LogP) is 3.55. The van der Waals surface area contributed by atoms with Gasteiger partial charge in [0.1, 0.15) is 5.82 Å². The van der Waals surface area contributed by atoms with Gasteiger partial charge in [0, 0.05) is 30.8 Å². The highest BCUT2D eigenvalue weighted by Gasteiger charge is 2.18. The minimum atomic E-state index is 0.618. The van der Waals surface area contributed by atoms with Crippen molar-refractivity contribution in [3.05, 3.63) is 77.9 Å². The number of hydrogen-bond donors (Lipinski definition) is 1. The summed E-state index contributed by atoms with van der Waals surface area (Å²) in [4.78, 5) is 6.96. The van der Waals surface area contributed by atoms with Gasteiger partial charge in [-0.15, -0.1) is 0 Å². The van der Waals surface area contributed by atoms with Crippen molar-refractivity contribution < 1.29 is 4.74 Å². The minimum absolute atomic E-state index is 0.618. The Hall–Kier alpha value is -4.22. The monoisotopic (exact) mass is 423 g/mol. The summed E-state index contributed by atoms with van der Waals surface area (Å²) in [7, 11) is 0. The highest BCUT2D eigenvalue weighted by Crippen LogP contribution is 2.25. The summed E-state index contributed by atoms with van der Waals surface area (Å²) in [5.74, 6) is 1.57. The molecule has 1 N–H and O–H groups in total. The number of nitrogens with one attached hydrogen (secondary N) is 1. The Morgan fingerprint density at radius 1 is 1.03 bits per heavy atom. The molecule has 5 rings (SSSR count). The molecule has 0 aliphatic carbocycles. The molecular weight excluding hydrogens is 402 g/mol. The first kappa shape index (κ1) is 19.7. The van der Waals surface area contributed by atoms with E-state index in [9.17, 15) is 0 Å². The maximum atomic E-state index is 8.92. The van der Waals surface area contributed by atoms with Crippen LogP contribution in [0, 0.1) is 11.3 Å². The first-order valence-electron chi connectivity index (χ1n) is 10.4. The van der Waals surface area contributed by atoms with E-state index in [-0.39, 0.29) is 0 Å². The molecule has 8 heteroatoms. The van der Waals surface area contributed by atoms with E-state index in [4.69, 9.17) is 20.1 Å². The topological polar surface area (TPSA) is 90.8 Å². The van der Waals surface area contributed by atoms with Crippen LogP contribution >= 0.6 is 0 Å². The molecule has 158 valence electrons. The van der Waals surface area contributed by atoms with E-state index in [2.05, 4.69) is 21.5 Å². The number of benzene rings is 2. The Morgan fingerprint density at radius 2 is 1.81 bits per heavy atom. The zero-order valence-corrected chi connectivity index (χ0v) is 17.3. The molecule has 1 aliphatic rings. The first-order chi connectivity index (χ1) is 15.8. The maximum Gasteiger partial charge on any atom is 0.160 e. The lowest BCUT2D eigenvalue weighted by atomic mass is 10.2. The normalized spacial score (nSPS) is 14.0. The number of hydrogen-bond acceptors (Lipinski definition) is 7. The average Bonchev–Trinajstić information content (AvgIpc) is 3.29. The molecule has 0 radical (unpaired) electrons. The van der Waals surface area contributed by atoms with E-state index in [1.807, 2.05) is 59.1 Å². The molecule has 0 saturated carbocycles. The van der Waals surface area contributed by atoms with Crippen molar-refractivity contribution in [1.29, 1.82) is 5.26 Å². The van der Waals surface area contributed by atoms with Gasteiger partial charge in [0.2, 0.25) is 0 Å². The van der Waals surface area contributed by atoms with E-state index < -0.39 is 0 Å². The molecule has 32 heavy (non-hydrogen) atoms. The molecule has 1 saturated heterocycles. The quantitative estimate of drug-likeness (QED) is 0.390. The summed E-state index contributed by atoms with van der Waals surface area (Å²) >= 11 is 0. The summed E-state index contributed by atoms with van der Waals surface area (Å²) in [6.07, 6.45) is 1.70. The van der Waals surface area contributed by atoms with Crippen LogP contribution in [0.2, 0.25) is 0 Å². The second-order valence-electron chi connectivity index (χ2n) is 7.37. The van der Waals surface area contributed by atoms with Gasteiger partial charge in [0.15, 0.2) is 11.5 Å². The average molecular weight is 423 g/mol. The Kier molecular flexibility index (Phi) is 5.47. The number of ether oxygens (including phenoxy) is 1. The van der Waals surface area contributed by atoms with E-state index in [0.717, 1.165) is 41.4 Å². The third-order valence-electron chi connectivity index (χ3n) is 5.25. The maximum absolute atomic E-state index is 8.92. The Morgan fingerprint density at radius 3 is 2.56 bits per heavy atom. The zero-order valence-electron chi connectivity index (χ0n) is 17.3. The van der Waals surface area contributed by atoms with Gasteiger partial charge < -0.3 is 9.64 Å². The predicted molar refractivity (Wildman–Crippen MR) is 124 cm³/mol. The lowest BCUT2D eigenvalue weighted by Gasteiger charge is -2.29. The number of nitrogens with zero attached hydrogens (tertiary/aromatic N) is 6. The summed E-state index contributed by atoms with van der Waals surface area (Å²) < 4.78 is 7.40. The van der Waals surface area contributed by atoms with Crippen molar-refractivity contribution in [2.75, 3.05) is 36.6 Å². The highest BCUT2D eigenvalue weighted by atomic mass is 16.5. The van der Waals surface area contributed by atoms with Gasteiger partial charge in [0.05, 0.1) is 36.8 Å². The first-order valence-corrected chi connectivity index (χ1v) is 10.4. The van der Waals surface area contributed by atoms with Gasteiger partial charge in [0.25, 0.3) is 0 Å². The summed E-state index contributed by atoms with van der Waals surface area (Å²) in [5.41, 5.74) is 7.19. The van der Waals surface area contributed by atoms with E-state index in [1.165, 1.54) is 0 Å². The molecule has 0 atom stereocenters. The number of hydrazone groups is 1. The molecule has 0 unspecified atom stereocenters. The number of aromatic nitrogens is 3. The molecule has 4 aromatic rings. The molecule has 0 bridgehead atoms. The standard InChI is InChI=1S/C24H21N7O/c25-16-18-6-8-19(9-7-18)17-26-28-22-15-24(30-10-12-32-13-11-30)31-23(27-22)14-21(29-31)20-4-2-1-3-5-20/h1-9,14-15,17H,10-13H2,(H,27,28). The fourth-order valence-electron chi connectivity index (χ4n) is 3.60. The van der Waals surface area contributed by atoms with Crippen molar-refractivity contribution in [2.24, 2.45) is 5.10 Å². The van der Waals surface area contributed by atoms with Gasteiger partial charge in [-0.05, 0) is 17.7 Å². The number of nitriles is 1. The largest absolute Gasteiger partial charge is 0.378 e. The minimum Gasteiger partial charge on any atom is -0.378 e. The molecular formula is C24H21N7O. The van der Waals surface area contributed by atoms with Crippen LogP contribution in [-0.4, -0.2) is 47.1 Å². The molecule has 0 spiro atoms. The van der Waals surface area contributed by atoms with Gasteiger partial charge in [-0.2, -0.15) is 20.0 Å². The van der Waals surface area contributed by atoms with Crippen LogP contribution < -0.4 is 10.3 Å². The number of morpholine rings is 1. The third-order valence-corrected chi connectivity index (χ3v) is 5.25. The number of anilines is 2. The fraction of sp³-hybridized carbons (Fsp3) is 0.167. The Bertz CT molecular complexity index is 1280. The molecule has 8 nitrogen and oxygen atoms in total. The molecule has 3 heterocycles. The van der Waals surface area contributed by atoms with E-state index >= 15 is 0 Å². The second kappa shape index (κ2) is 8.88. The van der Waals surface area contributed by atoms with E-state index in [0.29, 0.717) is 24.6 Å². The highest BCUT2D eigenvalue weighted by molar-refractivity contribution is 5.80. The Labute approximate surface area is 185 Å². The second-order valence-corrected chi connectivity index (χ2v) is 7.37. The number of rotatable bonds is 5. The fourth-order valence-corrected chi connectivity index (χ4v) is 3.60. The van der Waals surface area contributed by atoms with Crippen LogP contribution in [0.3, 0.4) is 0 Å². The van der Waals surface area contributed by atoms with E-state index in [1.54, 1.807) is 18.3 Å². The van der Waals surface area contributed by atoms with Crippen molar-refractivity contribution in [3.63, 3.8) is 0 Å². The van der Waals surface area contributed by atoms with Gasteiger partial charge >= 0.3 is 0 Å². The zero-order chi connectivity index (χ0) is 21.8.